The Kier molecular flexibility index (Phi) is 6.54. The fourth-order valence-corrected chi connectivity index (χ4v) is 4.26. The fourth-order valence-electron chi connectivity index (χ4n) is 3.42. The molecule has 0 fully saturated rings. The van der Waals surface area contributed by atoms with Gasteiger partial charge in [0.05, 0.1) is 35.5 Å². The summed E-state index contributed by atoms with van der Waals surface area (Å²) in [5.41, 5.74) is 11.5. The van der Waals surface area contributed by atoms with Crippen molar-refractivity contribution in [2.45, 2.75) is 26.4 Å². The van der Waals surface area contributed by atoms with Gasteiger partial charge in [0.2, 0.25) is 0 Å². The number of nitrogens with zero attached hydrogens (tertiary/aromatic N) is 2. The molecule has 4 aromatic rings. The standard InChI is InChI=1S/C24H24N4O2S/c1-2-30-22(29)13-17-7-3-4-9-19(17)26-15-21-27-20-10-11-31-24(20)23(28-21)18-8-5-6-16(12-18)14-25/h3-12,26H,2,13-15,25H2,1H3. The van der Waals surface area contributed by atoms with Gasteiger partial charge in [-0.2, -0.15) is 0 Å². The molecule has 0 amide bonds. The molecule has 2 aromatic heterocycles. The number of anilines is 1. The van der Waals surface area contributed by atoms with Gasteiger partial charge in [-0.25, -0.2) is 9.97 Å². The van der Waals surface area contributed by atoms with Gasteiger partial charge in [-0.3, -0.25) is 4.79 Å². The van der Waals surface area contributed by atoms with Crippen LogP contribution < -0.4 is 11.1 Å². The maximum absolute atomic E-state index is 11.9. The molecule has 158 valence electrons. The van der Waals surface area contributed by atoms with Crippen molar-refractivity contribution >= 4 is 33.2 Å². The lowest BCUT2D eigenvalue weighted by molar-refractivity contribution is -0.142. The van der Waals surface area contributed by atoms with Gasteiger partial charge in [-0.15, -0.1) is 11.3 Å². The smallest absolute Gasteiger partial charge is 0.310 e. The molecule has 31 heavy (non-hydrogen) atoms. The summed E-state index contributed by atoms with van der Waals surface area (Å²) >= 11 is 1.63. The van der Waals surface area contributed by atoms with Crippen molar-refractivity contribution in [3.63, 3.8) is 0 Å². The summed E-state index contributed by atoms with van der Waals surface area (Å²) in [5.74, 6) is 0.444. The number of thiophene rings is 1. The van der Waals surface area contributed by atoms with Crippen molar-refractivity contribution < 1.29 is 9.53 Å². The van der Waals surface area contributed by atoms with E-state index >= 15 is 0 Å². The second-order valence-electron chi connectivity index (χ2n) is 7.02. The maximum atomic E-state index is 11.9. The van der Waals surface area contributed by atoms with Crippen molar-refractivity contribution in [2.24, 2.45) is 5.73 Å². The number of fused-ring (bicyclic) bond motifs is 1. The Labute approximate surface area is 185 Å². The number of nitrogens with one attached hydrogen (secondary N) is 1. The van der Waals surface area contributed by atoms with E-state index in [1.807, 2.05) is 53.9 Å². The minimum atomic E-state index is -0.241. The molecule has 0 aliphatic heterocycles. The molecular formula is C24H24N4O2S. The Morgan fingerprint density at radius 1 is 1.13 bits per heavy atom. The van der Waals surface area contributed by atoms with Crippen LogP contribution in [0.1, 0.15) is 23.9 Å². The van der Waals surface area contributed by atoms with Crippen molar-refractivity contribution in [3.8, 4) is 11.3 Å². The molecule has 0 aliphatic rings. The molecule has 3 N–H and O–H groups in total. The van der Waals surface area contributed by atoms with Crippen molar-refractivity contribution in [1.29, 1.82) is 0 Å². The predicted molar refractivity (Wildman–Crippen MR) is 125 cm³/mol. The van der Waals surface area contributed by atoms with Crippen LogP contribution in [0.4, 0.5) is 5.69 Å². The Hall–Kier alpha value is -3.29. The number of hydrogen-bond acceptors (Lipinski definition) is 7. The molecule has 7 heteroatoms. The van der Waals surface area contributed by atoms with Gasteiger partial charge in [-0.1, -0.05) is 36.4 Å². The third-order valence-corrected chi connectivity index (χ3v) is 5.79. The highest BCUT2D eigenvalue weighted by molar-refractivity contribution is 7.17. The molecule has 0 saturated carbocycles. The lowest BCUT2D eigenvalue weighted by Gasteiger charge is -2.12. The Bertz CT molecular complexity index is 1210. The van der Waals surface area contributed by atoms with E-state index in [0.717, 1.165) is 38.3 Å². The molecule has 4 rings (SSSR count). The van der Waals surface area contributed by atoms with Crippen LogP contribution in [0.25, 0.3) is 21.5 Å². The number of carbonyl (C=O) groups is 1. The largest absolute Gasteiger partial charge is 0.466 e. The van der Waals surface area contributed by atoms with Gasteiger partial charge in [0.25, 0.3) is 0 Å². The molecule has 0 spiro atoms. The molecule has 0 atom stereocenters. The fraction of sp³-hybridized carbons (Fsp3) is 0.208. The summed E-state index contributed by atoms with van der Waals surface area (Å²) in [7, 11) is 0. The van der Waals surface area contributed by atoms with E-state index in [4.69, 9.17) is 20.4 Å². The second kappa shape index (κ2) is 9.68. The Balaban J connectivity index is 1.61. The van der Waals surface area contributed by atoms with Crippen LogP contribution in [0.15, 0.2) is 60.0 Å². The number of esters is 1. The van der Waals surface area contributed by atoms with E-state index in [0.29, 0.717) is 25.5 Å². The minimum absolute atomic E-state index is 0.221. The van der Waals surface area contributed by atoms with Crippen LogP contribution in [0, 0.1) is 0 Å². The average Bonchev–Trinajstić information content (AvgIpc) is 3.27. The lowest BCUT2D eigenvalue weighted by Crippen LogP contribution is -2.11. The van der Waals surface area contributed by atoms with E-state index in [2.05, 4.69) is 11.4 Å². The molecule has 2 aromatic carbocycles. The zero-order valence-electron chi connectivity index (χ0n) is 17.3. The van der Waals surface area contributed by atoms with E-state index in [1.54, 1.807) is 18.3 Å². The number of nitrogens with two attached hydrogens (primary N) is 1. The summed E-state index contributed by atoms with van der Waals surface area (Å²) in [6.07, 6.45) is 0.221. The monoisotopic (exact) mass is 432 g/mol. The average molecular weight is 433 g/mol. The summed E-state index contributed by atoms with van der Waals surface area (Å²) in [4.78, 5) is 21.5. The first-order valence-corrected chi connectivity index (χ1v) is 11.1. The topological polar surface area (TPSA) is 90.1 Å². The van der Waals surface area contributed by atoms with Crippen LogP contribution in [-0.2, 0) is 29.0 Å². The van der Waals surface area contributed by atoms with E-state index < -0.39 is 0 Å². The van der Waals surface area contributed by atoms with Crippen LogP contribution >= 0.6 is 11.3 Å². The number of carbonyl (C=O) groups excluding carboxylic acids is 1. The number of rotatable bonds is 8. The first-order valence-electron chi connectivity index (χ1n) is 10.2. The van der Waals surface area contributed by atoms with Gasteiger partial charge < -0.3 is 15.8 Å². The lowest BCUT2D eigenvalue weighted by atomic mass is 10.1. The highest BCUT2D eigenvalue weighted by atomic mass is 32.1. The molecule has 0 radical (unpaired) electrons. The van der Waals surface area contributed by atoms with Crippen molar-refractivity contribution in [3.05, 3.63) is 76.9 Å². The number of aromatic nitrogens is 2. The van der Waals surface area contributed by atoms with Gasteiger partial charge in [0.15, 0.2) is 0 Å². The molecule has 6 nitrogen and oxygen atoms in total. The van der Waals surface area contributed by atoms with Crippen molar-refractivity contribution in [1.82, 2.24) is 9.97 Å². The molecular weight excluding hydrogens is 408 g/mol. The molecule has 0 saturated heterocycles. The Morgan fingerprint density at radius 3 is 2.84 bits per heavy atom. The molecule has 0 bridgehead atoms. The normalized spacial score (nSPS) is 10.9. The summed E-state index contributed by atoms with van der Waals surface area (Å²) in [5, 5.41) is 5.42. The highest BCUT2D eigenvalue weighted by Gasteiger charge is 2.13. The third-order valence-electron chi connectivity index (χ3n) is 4.88. The number of para-hydroxylation sites is 1. The minimum Gasteiger partial charge on any atom is -0.466 e. The Morgan fingerprint density at radius 2 is 2.00 bits per heavy atom. The first-order chi connectivity index (χ1) is 15.2. The number of hydrogen-bond donors (Lipinski definition) is 2. The van der Waals surface area contributed by atoms with E-state index in [1.165, 1.54) is 0 Å². The molecule has 0 unspecified atom stereocenters. The van der Waals surface area contributed by atoms with Crippen LogP contribution in [-0.4, -0.2) is 22.5 Å². The predicted octanol–water partition coefficient (Wildman–Crippen LogP) is 4.53. The maximum Gasteiger partial charge on any atom is 0.310 e. The first kappa shape index (κ1) is 21.0. The van der Waals surface area contributed by atoms with E-state index in [-0.39, 0.29) is 12.4 Å². The zero-order chi connectivity index (χ0) is 21.6. The van der Waals surface area contributed by atoms with Gasteiger partial charge >= 0.3 is 5.97 Å². The summed E-state index contributed by atoms with van der Waals surface area (Å²) in [6.45, 7) is 3.10. The summed E-state index contributed by atoms with van der Waals surface area (Å²) in [6, 6.07) is 17.9. The van der Waals surface area contributed by atoms with Crippen LogP contribution in [0.2, 0.25) is 0 Å². The van der Waals surface area contributed by atoms with Crippen LogP contribution in [0.5, 0.6) is 0 Å². The number of ether oxygens (including phenoxy) is 1. The molecule has 0 aliphatic carbocycles. The third kappa shape index (κ3) is 4.90. The highest BCUT2D eigenvalue weighted by Crippen LogP contribution is 2.31. The second-order valence-corrected chi connectivity index (χ2v) is 7.94. The van der Waals surface area contributed by atoms with Crippen LogP contribution in [0.3, 0.4) is 0 Å². The van der Waals surface area contributed by atoms with Gasteiger partial charge in [0.1, 0.15) is 5.82 Å². The van der Waals surface area contributed by atoms with Crippen molar-refractivity contribution in [2.75, 3.05) is 11.9 Å². The zero-order valence-corrected chi connectivity index (χ0v) is 18.1. The molecule has 2 heterocycles. The summed E-state index contributed by atoms with van der Waals surface area (Å²) < 4.78 is 6.14. The van der Waals surface area contributed by atoms with E-state index in [9.17, 15) is 4.79 Å². The van der Waals surface area contributed by atoms with Gasteiger partial charge in [-0.05, 0) is 41.6 Å². The SMILES string of the molecule is CCOC(=O)Cc1ccccc1NCc1nc(-c2cccc(CN)c2)c2sccc2n1. The van der Waals surface area contributed by atoms with Gasteiger partial charge in [0, 0.05) is 17.8 Å². The number of benzene rings is 2. The quantitative estimate of drug-likeness (QED) is 0.398.